The number of hydrogen-bond donors (Lipinski definition) is 1. The highest BCUT2D eigenvalue weighted by Crippen LogP contribution is 2.36. The van der Waals surface area contributed by atoms with E-state index in [0.717, 1.165) is 42.0 Å². The van der Waals surface area contributed by atoms with Crippen molar-refractivity contribution < 1.29 is 18.7 Å². The molecule has 2 atom stereocenters. The summed E-state index contributed by atoms with van der Waals surface area (Å²) in [6.45, 7) is 6.58. The molecule has 0 aliphatic carbocycles. The van der Waals surface area contributed by atoms with E-state index in [2.05, 4.69) is 23.6 Å². The van der Waals surface area contributed by atoms with Gasteiger partial charge in [-0.3, -0.25) is 9.69 Å². The minimum Gasteiger partial charge on any atom is -0.506 e. The molecule has 4 aromatic carbocycles. The summed E-state index contributed by atoms with van der Waals surface area (Å²) in [4.78, 5) is 19.3. The number of nitrogens with zero attached hydrogens (tertiary/aromatic N) is 3. The summed E-state index contributed by atoms with van der Waals surface area (Å²) in [5.74, 6) is -0.632. The van der Waals surface area contributed by atoms with Crippen LogP contribution in [0.3, 0.4) is 0 Å². The number of aromatic hydroxyl groups is 1. The molecule has 1 fully saturated rings. The maximum atomic E-state index is 13.7. The van der Waals surface area contributed by atoms with Crippen LogP contribution in [0.25, 0.3) is 0 Å². The molecule has 41 heavy (non-hydrogen) atoms. The second kappa shape index (κ2) is 12.1. The fourth-order valence-electron chi connectivity index (χ4n) is 5.64. The summed E-state index contributed by atoms with van der Waals surface area (Å²) < 4.78 is 27.1. The zero-order chi connectivity index (χ0) is 29.1. The van der Waals surface area contributed by atoms with E-state index in [0.29, 0.717) is 17.7 Å². The molecule has 5 nitrogen and oxygen atoms in total. The second-order valence-corrected chi connectivity index (χ2v) is 10.9. The minimum absolute atomic E-state index is 0.131. The van der Waals surface area contributed by atoms with Crippen molar-refractivity contribution in [2.24, 2.45) is 0 Å². The van der Waals surface area contributed by atoms with Gasteiger partial charge in [-0.1, -0.05) is 42.5 Å². The van der Waals surface area contributed by atoms with Gasteiger partial charge in [-0.25, -0.2) is 8.78 Å². The molecular weight excluding hydrogens is 520 g/mol. The Morgan fingerprint density at radius 3 is 2.34 bits per heavy atom. The van der Waals surface area contributed by atoms with Crippen LogP contribution in [0.15, 0.2) is 91.0 Å². The highest BCUT2D eigenvalue weighted by molar-refractivity contribution is 6.05. The molecule has 5 rings (SSSR count). The van der Waals surface area contributed by atoms with Crippen LogP contribution in [-0.4, -0.2) is 48.1 Å². The molecule has 212 valence electrons. The third kappa shape index (κ3) is 6.41. The molecule has 1 aliphatic heterocycles. The van der Waals surface area contributed by atoms with Crippen LogP contribution >= 0.6 is 0 Å². The Kier molecular flexibility index (Phi) is 8.36. The highest BCUT2D eigenvalue weighted by Gasteiger charge is 2.31. The van der Waals surface area contributed by atoms with E-state index < -0.39 is 5.82 Å². The molecule has 0 radical (unpaired) electrons. The maximum absolute atomic E-state index is 13.7. The molecule has 1 amide bonds. The van der Waals surface area contributed by atoms with E-state index in [-0.39, 0.29) is 29.6 Å². The molecule has 0 aromatic heterocycles. The van der Waals surface area contributed by atoms with Gasteiger partial charge < -0.3 is 14.9 Å². The summed E-state index contributed by atoms with van der Waals surface area (Å²) in [7, 11) is 1.63. The molecule has 0 unspecified atom stereocenters. The Hall–Kier alpha value is -4.23. The third-order valence-electron chi connectivity index (χ3n) is 7.87. The smallest absolute Gasteiger partial charge is 0.258 e. The molecule has 1 N–H and O–H groups in total. The van der Waals surface area contributed by atoms with Crippen LogP contribution in [-0.2, 0) is 13.0 Å². The van der Waals surface area contributed by atoms with E-state index in [1.54, 1.807) is 31.3 Å². The predicted octanol–water partition coefficient (Wildman–Crippen LogP) is 6.64. The number of benzene rings is 4. The molecule has 4 aromatic rings. The zero-order valence-electron chi connectivity index (χ0n) is 23.6. The standard InChI is InChI=1S/C34H35F2N3O2/c1-23-21-39(24(2)20-38(23)22-25-13-15-29(35)16-14-25)33-27(8-5-12-32(33)40)17-26-7-4-9-28(18-26)34(41)37(3)31-11-6-10-30(36)19-31/h4-16,18-19,23-24,40H,17,20-22H2,1-3H3/t23-,24+/m1/s1. The molecule has 0 spiro atoms. The van der Waals surface area contributed by atoms with Crippen molar-refractivity contribution in [3.63, 3.8) is 0 Å². The summed E-state index contributed by atoms with van der Waals surface area (Å²) in [5.41, 5.74) is 4.77. The monoisotopic (exact) mass is 555 g/mol. The summed E-state index contributed by atoms with van der Waals surface area (Å²) in [6.07, 6.45) is 0.533. The van der Waals surface area contributed by atoms with E-state index in [1.165, 1.54) is 29.2 Å². The third-order valence-corrected chi connectivity index (χ3v) is 7.87. The van der Waals surface area contributed by atoms with Gasteiger partial charge in [0.2, 0.25) is 0 Å². The lowest BCUT2D eigenvalue weighted by Crippen LogP contribution is -2.56. The maximum Gasteiger partial charge on any atom is 0.258 e. The first-order valence-corrected chi connectivity index (χ1v) is 13.9. The quantitative estimate of drug-likeness (QED) is 0.278. The van der Waals surface area contributed by atoms with Crippen molar-refractivity contribution >= 4 is 17.3 Å². The lowest BCUT2D eigenvalue weighted by Gasteiger charge is -2.46. The Labute approximate surface area is 240 Å². The van der Waals surface area contributed by atoms with Crippen LogP contribution < -0.4 is 9.80 Å². The largest absolute Gasteiger partial charge is 0.506 e. The van der Waals surface area contributed by atoms with Gasteiger partial charge in [0.15, 0.2) is 0 Å². The van der Waals surface area contributed by atoms with Crippen LogP contribution in [0.4, 0.5) is 20.2 Å². The van der Waals surface area contributed by atoms with Crippen LogP contribution in [0.2, 0.25) is 0 Å². The Balaban J connectivity index is 1.35. The Morgan fingerprint density at radius 2 is 1.59 bits per heavy atom. The van der Waals surface area contributed by atoms with Gasteiger partial charge in [0.25, 0.3) is 5.91 Å². The van der Waals surface area contributed by atoms with Gasteiger partial charge >= 0.3 is 0 Å². The topological polar surface area (TPSA) is 47.0 Å². The van der Waals surface area contributed by atoms with Crippen molar-refractivity contribution in [1.82, 2.24) is 4.90 Å². The number of rotatable bonds is 7. The number of phenols is 1. The second-order valence-electron chi connectivity index (χ2n) is 10.9. The van der Waals surface area contributed by atoms with Crippen molar-refractivity contribution in [3.8, 4) is 5.75 Å². The minimum atomic E-state index is -0.396. The highest BCUT2D eigenvalue weighted by atomic mass is 19.1. The fourth-order valence-corrected chi connectivity index (χ4v) is 5.64. The number of carbonyl (C=O) groups excluding carboxylic acids is 1. The SMILES string of the molecule is C[C@@H]1CN(c2c(O)cccc2Cc2cccc(C(=O)N(C)c3cccc(F)c3)c2)[C@@H](C)CN1Cc1ccc(F)cc1. The van der Waals surface area contributed by atoms with E-state index in [1.807, 2.05) is 42.5 Å². The fraction of sp³-hybridized carbons (Fsp3) is 0.265. The normalized spacial score (nSPS) is 17.4. The van der Waals surface area contributed by atoms with E-state index in [4.69, 9.17) is 0 Å². The number of piperazine rings is 1. The molecule has 1 saturated heterocycles. The number of para-hydroxylation sites is 1. The first-order chi connectivity index (χ1) is 19.7. The molecule has 0 saturated carbocycles. The average molecular weight is 556 g/mol. The lowest BCUT2D eigenvalue weighted by molar-refractivity contribution is 0.0993. The molecule has 0 bridgehead atoms. The zero-order valence-corrected chi connectivity index (χ0v) is 23.6. The Morgan fingerprint density at radius 1 is 0.854 bits per heavy atom. The summed E-state index contributed by atoms with van der Waals surface area (Å²) in [5, 5.41) is 11.0. The summed E-state index contributed by atoms with van der Waals surface area (Å²) in [6, 6.07) is 26.0. The van der Waals surface area contributed by atoms with Gasteiger partial charge in [-0.2, -0.15) is 0 Å². The number of anilines is 2. The van der Waals surface area contributed by atoms with Gasteiger partial charge in [0.1, 0.15) is 17.4 Å². The van der Waals surface area contributed by atoms with Gasteiger partial charge in [-0.05, 0) is 85.5 Å². The average Bonchev–Trinajstić information content (AvgIpc) is 2.96. The molecule has 1 aliphatic rings. The van der Waals surface area contributed by atoms with Crippen LogP contribution in [0.1, 0.15) is 40.9 Å². The Bertz CT molecular complexity index is 1520. The van der Waals surface area contributed by atoms with Crippen molar-refractivity contribution in [1.29, 1.82) is 0 Å². The van der Waals surface area contributed by atoms with E-state index in [9.17, 15) is 18.7 Å². The first kappa shape index (κ1) is 28.3. The summed E-state index contributed by atoms with van der Waals surface area (Å²) >= 11 is 0. The van der Waals surface area contributed by atoms with E-state index >= 15 is 0 Å². The van der Waals surface area contributed by atoms with Gasteiger partial charge in [-0.15, -0.1) is 0 Å². The number of hydrogen-bond acceptors (Lipinski definition) is 4. The number of carbonyl (C=O) groups is 1. The van der Waals surface area contributed by atoms with Crippen LogP contribution in [0.5, 0.6) is 5.75 Å². The van der Waals surface area contributed by atoms with Crippen LogP contribution in [0, 0.1) is 11.6 Å². The first-order valence-electron chi connectivity index (χ1n) is 13.9. The number of phenolic OH excluding ortho intramolecular Hbond substituents is 1. The molecule has 7 heteroatoms. The molecular formula is C34H35F2N3O2. The van der Waals surface area contributed by atoms with Crippen molar-refractivity contribution in [2.45, 2.75) is 38.9 Å². The van der Waals surface area contributed by atoms with Gasteiger partial charge in [0.05, 0.1) is 5.69 Å². The predicted molar refractivity (Wildman–Crippen MR) is 160 cm³/mol. The number of amides is 1. The van der Waals surface area contributed by atoms with Crippen molar-refractivity contribution in [2.75, 3.05) is 29.9 Å². The molecule has 1 heterocycles. The number of halogens is 2. The lowest BCUT2D eigenvalue weighted by atomic mass is 9.97. The van der Waals surface area contributed by atoms with Gasteiger partial charge in [0, 0.05) is 50.0 Å². The van der Waals surface area contributed by atoms with Crippen molar-refractivity contribution in [3.05, 3.63) is 125 Å².